The van der Waals surface area contributed by atoms with E-state index in [1.165, 1.54) is 4.88 Å². The van der Waals surface area contributed by atoms with Crippen LogP contribution in [0.15, 0.2) is 35.7 Å². The van der Waals surface area contributed by atoms with Gasteiger partial charge in [-0.3, -0.25) is 0 Å². The smallest absolute Gasteiger partial charge is 0.157 e. The molecule has 0 radical (unpaired) electrons. The highest BCUT2D eigenvalue weighted by Crippen LogP contribution is 2.15. The van der Waals surface area contributed by atoms with Crippen molar-refractivity contribution in [3.63, 3.8) is 0 Å². The predicted octanol–water partition coefficient (Wildman–Crippen LogP) is 3.04. The van der Waals surface area contributed by atoms with Crippen LogP contribution in [0.25, 0.3) is 5.65 Å². The van der Waals surface area contributed by atoms with E-state index < -0.39 is 0 Å². The molecule has 0 aliphatic carbocycles. The van der Waals surface area contributed by atoms with E-state index in [-0.39, 0.29) is 0 Å². The van der Waals surface area contributed by atoms with Crippen LogP contribution in [0.3, 0.4) is 0 Å². The van der Waals surface area contributed by atoms with Crippen molar-refractivity contribution in [3.8, 4) is 0 Å². The van der Waals surface area contributed by atoms with E-state index in [1.54, 1.807) is 21.9 Å². The normalized spacial score (nSPS) is 11.1. The van der Waals surface area contributed by atoms with Crippen molar-refractivity contribution in [2.75, 3.05) is 0 Å². The van der Waals surface area contributed by atoms with Crippen molar-refractivity contribution in [2.45, 2.75) is 6.42 Å². The van der Waals surface area contributed by atoms with E-state index in [9.17, 15) is 0 Å². The predicted molar refractivity (Wildman–Crippen MR) is 65.1 cm³/mol. The maximum Gasteiger partial charge on any atom is 0.157 e. The van der Waals surface area contributed by atoms with Crippen LogP contribution in [0.1, 0.15) is 10.7 Å². The molecule has 0 aliphatic heterocycles. The number of rotatable bonds is 2. The third-order valence-electron chi connectivity index (χ3n) is 2.27. The van der Waals surface area contributed by atoms with Gasteiger partial charge in [-0.2, -0.15) is 0 Å². The summed E-state index contributed by atoms with van der Waals surface area (Å²) < 4.78 is 1.66. The lowest BCUT2D eigenvalue weighted by atomic mass is 10.3. The van der Waals surface area contributed by atoms with Crippen LogP contribution in [0, 0.1) is 0 Å². The molecule has 0 spiro atoms. The Morgan fingerprint density at radius 1 is 1.25 bits per heavy atom. The Bertz CT molecular complexity index is 615. The van der Waals surface area contributed by atoms with Crippen molar-refractivity contribution in [3.05, 3.63) is 51.6 Å². The third-order valence-corrected chi connectivity index (χ3v) is 3.43. The van der Waals surface area contributed by atoms with Gasteiger partial charge in [0.25, 0.3) is 0 Å². The molecular formula is C11H8ClN3S. The first-order valence-electron chi connectivity index (χ1n) is 4.85. The summed E-state index contributed by atoms with van der Waals surface area (Å²) in [6.07, 6.45) is 0.760. The van der Waals surface area contributed by atoms with Gasteiger partial charge in [0.15, 0.2) is 11.5 Å². The molecule has 3 nitrogen and oxygen atoms in total. The molecule has 0 unspecified atom stereocenters. The molecule has 5 heteroatoms. The van der Waals surface area contributed by atoms with Gasteiger partial charge in [-0.15, -0.1) is 16.4 Å². The summed E-state index contributed by atoms with van der Waals surface area (Å²) in [5.74, 6) is 0.801. The van der Waals surface area contributed by atoms with Crippen LogP contribution in [0.5, 0.6) is 0 Å². The third kappa shape index (κ3) is 1.70. The van der Waals surface area contributed by atoms with E-state index in [0.29, 0.717) is 5.15 Å². The monoisotopic (exact) mass is 249 g/mol. The lowest BCUT2D eigenvalue weighted by Gasteiger charge is -1.92. The molecule has 16 heavy (non-hydrogen) atoms. The first kappa shape index (κ1) is 9.81. The molecule has 0 fully saturated rings. The highest BCUT2D eigenvalue weighted by molar-refractivity contribution is 7.09. The van der Waals surface area contributed by atoms with Crippen molar-refractivity contribution < 1.29 is 0 Å². The fourth-order valence-corrected chi connectivity index (χ4v) is 2.46. The molecule has 0 saturated heterocycles. The highest BCUT2D eigenvalue weighted by atomic mass is 35.5. The van der Waals surface area contributed by atoms with Crippen LogP contribution in [-0.2, 0) is 6.42 Å². The van der Waals surface area contributed by atoms with Crippen LogP contribution < -0.4 is 0 Å². The number of thiophene rings is 1. The lowest BCUT2D eigenvalue weighted by Crippen LogP contribution is -1.90. The number of nitrogens with zero attached hydrogens (tertiary/aromatic N) is 3. The zero-order valence-corrected chi connectivity index (χ0v) is 9.87. The summed E-state index contributed by atoms with van der Waals surface area (Å²) in [7, 11) is 0. The molecule has 0 saturated carbocycles. The van der Waals surface area contributed by atoms with Gasteiger partial charge >= 0.3 is 0 Å². The Kier molecular flexibility index (Phi) is 2.38. The van der Waals surface area contributed by atoms with E-state index in [2.05, 4.69) is 21.5 Å². The quantitative estimate of drug-likeness (QED) is 0.654. The average Bonchev–Trinajstić information content (AvgIpc) is 2.88. The number of halogens is 1. The average molecular weight is 250 g/mol. The summed E-state index contributed by atoms with van der Waals surface area (Å²) in [6.45, 7) is 0. The largest absolute Gasteiger partial charge is 0.211 e. The number of aromatic nitrogens is 3. The fraction of sp³-hybridized carbons (Fsp3) is 0.0909. The lowest BCUT2D eigenvalue weighted by molar-refractivity contribution is 0.905. The molecule has 3 rings (SSSR count). The molecule has 0 amide bonds. The minimum atomic E-state index is 0.586. The Labute approximate surface area is 101 Å². The number of hydrogen-bond donors (Lipinski definition) is 0. The van der Waals surface area contributed by atoms with Gasteiger partial charge in [-0.05, 0) is 23.6 Å². The summed E-state index contributed by atoms with van der Waals surface area (Å²) in [4.78, 5) is 5.68. The van der Waals surface area contributed by atoms with E-state index in [4.69, 9.17) is 11.6 Å². The number of fused-ring (bicyclic) bond motifs is 1. The first-order valence-corrected chi connectivity index (χ1v) is 6.11. The Hall–Kier alpha value is -1.39. The van der Waals surface area contributed by atoms with E-state index >= 15 is 0 Å². The van der Waals surface area contributed by atoms with Crippen molar-refractivity contribution in [2.24, 2.45) is 0 Å². The maximum atomic E-state index is 6.02. The number of pyridine rings is 1. The summed E-state index contributed by atoms with van der Waals surface area (Å²) in [6, 6.07) is 9.69. The van der Waals surface area contributed by atoms with Crippen LogP contribution >= 0.6 is 22.9 Å². The number of hydrogen-bond acceptors (Lipinski definition) is 3. The minimum absolute atomic E-state index is 0.586. The molecular weight excluding hydrogens is 242 g/mol. The van der Waals surface area contributed by atoms with Crippen molar-refractivity contribution >= 4 is 28.6 Å². The summed E-state index contributed by atoms with van der Waals surface area (Å²) in [5, 5.41) is 7.01. The van der Waals surface area contributed by atoms with Gasteiger partial charge in [-0.1, -0.05) is 23.7 Å². The summed E-state index contributed by atoms with van der Waals surface area (Å²) in [5.41, 5.74) is 0.791. The van der Waals surface area contributed by atoms with Gasteiger partial charge in [0, 0.05) is 11.3 Å². The molecule has 0 aromatic carbocycles. The van der Waals surface area contributed by atoms with Crippen LogP contribution in [-0.4, -0.2) is 14.6 Å². The Morgan fingerprint density at radius 2 is 2.19 bits per heavy atom. The molecule has 3 aromatic heterocycles. The van der Waals surface area contributed by atoms with Gasteiger partial charge < -0.3 is 0 Å². The SMILES string of the molecule is Clc1cccc2nc(Cc3cccs3)nn12. The van der Waals surface area contributed by atoms with Gasteiger partial charge in [-0.25, -0.2) is 9.50 Å². The second-order valence-corrected chi connectivity index (χ2v) is 4.82. The van der Waals surface area contributed by atoms with E-state index in [0.717, 1.165) is 17.9 Å². The molecule has 0 atom stereocenters. The topological polar surface area (TPSA) is 30.2 Å². The Morgan fingerprint density at radius 3 is 2.94 bits per heavy atom. The van der Waals surface area contributed by atoms with Crippen LogP contribution in [0.4, 0.5) is 0 Å². The van der Waals surface area contributed by atoms with Gasteiger partial charge in [0.1, 0.15) is 5.15 Å². The van der Waals surface area contributed by atoms with Crippen molar-refractivity contribution in [1.82, 2.24) is 14.6 Å². The fourth-order valence-electron chi connectivity index (χ4n) is 1.56. The zero-order valence-electron chi connectivity index (χ0n) is 8.30. The van der Waals surface area contributed by atoms with Gasteiger partial charge in [0.2, 0.25) is 0 Å². The zero-order chi connectivity index (χ0) is 11.0. The standard InChI is InChI=1S/C11H8ClN3S/c12-9-4-1-5-11-13-10(14-15(9)11)7-8-3-2-6-16-8/h1-6H,7H2. The molecule has 0 aliphatic rings. The molecule has 3 heterocycles. The maximum absolute atomic E-state index is 6.02. The van der Waals surface area contributed by atoms with E-state index in [1.807, 2.05) is 18.2 Å². The van der Waals surface area contributed by atoms with Gasteiger partial charge in [0.05, 0.1) is 0 Å². The first-order chi connectivity index (χ1) is 7.83. The Balaban J connectivity index is 2.02. The minimum Gasteiger partial charge on any atom is -0.211 e. The molecule has 80 valence electrons. The van der Waals surface area contributed by atoms with Crippen molar-refractivity contribution in [1.29, 1.82) is 0 Å². The molecule has 0 bridgehead atoms. The second-order valence-electron chi connectivity index (χ2n) is 3.40. The highest BCUT2D eigenvalue weighted by Gasteiger charge is 2.06. The molecule has 3 aromatic rings. The summed E-state index contributed by atoms with van der Waals surface area (Å²) >= 11 is 7.72. The van der Waals surface area contributed by atoms with Crippen LogP contribution in [0.2, 0.25) is 5.15 Å². The second kappa shape index (κ2) is 3.88. The molecule has 0 N–H and O–H groups in total.